The molecule has 1 aromatic heterocycles. The third kappa shape index (κ3) is 4.93. The molecular weight excluding hydrogens is 452 g/mol. The number of nitrogens with two attached hydrogens (primary N) is 1. The zero-order chi connectivity index (χ0) is 22.8. The normalized spacial score (nSPS) is 23.1. The Bertz CT molecular complexity index is 1190. The van der Waals surface area contributed by atoms with Gasteiger partial charge in [0.1, 0.15) is 0 Å². The molecule has 1 fully saturated rings. The van der Waals surface area contributed by atoms with Crippen LogP contribution in [0.2, 0.25) is 0 Å². The first-order valence-electron chi connectivity index (χ1n) is 10.9. The zero-order valence-corrected chi connectivity index (χ0v) is 19.9. The van der Waals surface area contributed by atoms with Crippen molar-refractivity contribution in [2.45, 2.75) is 36.4 Å². The van der Waals surface area contributed by atoms with Gasteiger partial charge in [-0.05, 0) is 35.4 Å². The second-order valence-electron chi connectivity index (χ2n) is 8.25. The molecule has 4 atom stereocenters. The summed E-state index contributed by atoms with van der Waals surface area (Å²) < 4.78 is 15.2. The predicted molar refractivity (Wildman–Crippen MR) is 134 cm³/mol. The van der Waals surface area contributed by atoms with E-state index in [0.29, 0.717) is 5.69 Å². The van der Waals surface area contributed by atoms with Crippen LogP contribution < -0.4 is 5.73 Å². The molecule has 0 amide bonds. The van der Waals surface area contributed by atoms with Crippen molar-refractivity contribution in [2.75, 3.05) is 11.5 Å². The highest BCUT2D eigenvalue weighted by atomic mass is 32.2. The Morgan fingerprint density at radius 1 is 1.00 bits per heavy atom. The number of hydrogen-bond donors (Lipinski definition) is 2. The van der Waals surface area contributed by atoms with Crippen LogP contribution in [-0.4, -0.2) is 21.9 Å². The van der Waals surface area contributed by atoms with E-state index in [1.54, 1.807) is 23.1 Å². The van der Waals surface area contributed by atoms with Crippen molar-refractivity contribution in [2.24, 2.45) is 5.92 Å². The fraction of sp³-hybridized carbons (Fsp3) is 0.269. The molecule has 1 aliphatic rings. The minimum atomic E-state index is -0.506. The van der Waals surface area contributed by atoms with E-state index in [-0.39, 0.29) is 24.7 Å². The minimum absolute atomic E-state index is 0.0256. The third-order valence-electron chi connectivity index (χ3n) is 5.95. The van der Waals surface area contributed by atoms with Crippen molar-refractivity contribution < 1.29 is 14.6 Å². The molecule has 1 saturated heterocycles. The summed E-state index contributed by atoms with van der Waals surface area (Å²) in [6.07, 6.45) is -0.684. The molecule has 0 bridgehead atoms. The average Bonchev–Trinajstić information content (AvgIpc) is 3.26. The summed E-state index contributed by atoms with van der Waals surface area (Å²) in [6, 6.07) is 23.8. The fourth-order valence-electron chi connectivity index (χ4n) is 4.08. The molecule has 4 unspecified atom stereocenters. The SMILES string of the molecule is CC1C(CSc2nc3ccccc3s2)OC(c2cccc(N)c2)OC1c1ccc(CO)cc1. The number of anilines is 1. The van der Waals surface area contributed by atoms with Crippen LogP contribution in [0.25, 0.3) is 10.2 Å². The lowest BCUT2D eigenvalue weighted by Crippen LogP contribution is -2.38. The van der Waals surface area contributed by atoms with Crippen molar-refractivity contribution in [3.8, 4) is 0 Å². The molecule has 7 heteroatoms. The lowest BCUT2D eigenvalue weighted by atomic mass is 9.91. The monoisotopic (exact) mass is 478 g/mol. The van der Waals surface area contributed by atoms with Crippen molar-refractivity contribution >= 4 is 39.0 Å². The molecule has 0 spiro atoms. The number of benzene rings is 3. The lowest BCUT2D eigenvalue weighted by molar-refractivity contribution is -0.268. The Morgan fingerprint density at radius 2 is 1.82 bits per heavy atom. The Labute approximate surface area is 201 Å². The Morgan fingerprint density at radius 3 is 2.58 bits per heavy atom. The van der Waals surface area contributed by atoms with E-state index in [9.17, 15) is 5.11 Å². The summed E-state index contributed by atoms with van der Waals surface area (Å²) in [5.41, 5.74) is 10.6. The number of thiazole rings is 1. The molecule has 0 radical (unpaired) electrons. The van der Waals surface area contributed by atoms with Crippen molar-refractivity contribution in [1.29, 1.82) is 0 Å². The van der Waals surface area contributed by atoms with Crippen LogP contribution in [0.5, 0.6) is 0 Å². The van der Waals surface area contributed by atoms with E-state index >= 15 is 0 Å². The number of aliphatic hydroxyl groups is 1. The van der Waals surface area contributed by atoms with E-state index < -0.39 is 6.29 Å². The van der Waals surface area contributed by atoms with E-state index in [0.717, 1.165) is 32.3 Å². The van der Waals surface area contributed by atoms with Gasteiger partial charge in [0, 0.05) is 22.9 Å². The van der Waals surface area contributed by atoms with Gasteiger partial charge in [-0.3, -0.25) is 0 Å². The van der Waals surface area contributed by atoms with Gasteiger partial charge in [0.2, 0.25) is 0 Å². The second kappa shape index (κ2) is 9.83. The van der Waals surface area contributed by atoms with Crippen LogP contribution in [0.15, 0.2) is 77.1 Å². The number of nitrogens with zero attached hydrogens (tertiary/aromatic N) is 1. The van der Waals surface area contributed by atoms with Crippen LogP contribution >= 0.6 is 23.1 Å². The summed E-state index contributed by atoms with van der Waals surface area (Å²) in [7, 11) is 0. The molecule has 3 N–H and O–H groups in total. The Hall–Kier alpha value is -2.42. The lowest BCUT2D eigenvalue weighted by Gasteiger charge is -2.41. The summed E-state index contributed by atoms with van der Waals surface area (Å²) in [5, 5.41) is 9.41. The number of ether oxygens (including phenoxy) is 2. The maximum atomic E-state index is 9.41. The van der Waals surface area contributed by atoms with E-state index in [2.05, 4.69) is 13.0 Å². The maximum Gasteiger partial charge on any atom is 0.185 e. The zero-order valence-electron chi connectivity index (χ0n) is 18.3. The molecule has 5 rings (SSSR count). The van der Waals surface area contributed by atoms with Crippen LogP contribution in [0, 0.1) is 5.92 Å². The minimum Gasteiger partial charge on any atom is -0.399 e. The molecule has 1 aliphatic heterocycles. The second-order valence-corrected chi connectivity index (χ2v) is 10.5. The van der Waals surface area contributed by atoms with Crippen LogP contribution in [0.3, 0.4) is 0 Å². The topological polar surface area (TPSA) is 77.6 Å². The smallest absolute Gasteiger partial charge is 0.185 e. The van der Waals surface area contributed by atoms with Gasteiger partial charge in [-0.2, -0.15) is 0 Å². The first kappa shape index (κ1) is 22.4. The van der Waals surface area contributed by atoms with Gasteiger partial charge in [0.25, 0.3) is 0 Å². The van der Waals surface area contributed by atoms with Crippen LogP contribution in [0.4, 0.5) is 5.69 Å². The highest BCUT2D eigenvalue weighted by Gasteiger charge is 2.38. The highest BCUT2D eigenvalue weighted by Crippen LogP contribution is 2.43. The van der Waals surface area contributed by atoms with E-state index in [4.69, 9.17) is 20.2 Å². The molecule has 0 saturated carbocycles. The number of hydrogen-bond acceptors (Lipinski definition) is 7. The van der Waals surface area contributed by atoms with Crippen molar-refractivity contribution in [1.82, 2.24) is 4.98 Å². The van der Waals surface area contributed by atoms with Crippen LogP contribution in [0.1, 0.15) is 36.0 Å². The van der Waals surface area contributed by atoms with Crippen LogP contribution in [-0.2, 0) is 16.1 Å². The third-order valence-corrected chi connectivity index (χ3v) is 8.22. The standard InChI is InChI=1S/C26H26N2O3S2/c1-16-22(15-32-26-28-21-7-2-3-8-23(21)33-26)30-25(19-5-4-6-20(27)13-19)31-24(16)18-11-9-17(14-29)10-12-18/h2-13,16,22,24-25,29H,14-15,27H2,1H3. The van der Waals surface area contributed by atoms with Gasteiger partial charge in [-0.1, -0.05) is 67.2 Å². The number of nitrogen functional groups attached to an aromatic ring is 1. The Kier molecular flexibility index (Phi) is 6.66. The number of thioether (sulfide) groups is 1. The van der Waals surface area contributed by atoms with Gasteiger partial charge in [-0.15, -0.1) is 11.3 Å². The maximum absolute atomic E-state index is 9.41. The van der Waals surface area contributed by atoms with Gasteiger partial charge in [-0.25, -0.2) is 4.98 Å². The fourth-order valence-corrected chi connectivity index (χ4v) is 6.34. The largest absolute Gasteiger partial charge is 0.399 e. The van der Waals surface area contributed by atoms with Gasteiger partial charge in [0.15, 0.2) is 10.6 Å². The first-order valence-corrected chi connectivity index (χ1v) is 12.8. The average molecular weight is 479 g/mol. The quantitative estimate of drug-likeness (QED) is 0.263. The van der Waals surface area contributed by atoms with Gasteiger partial charge < -0.3 is 20.3 Å². The van der Waals surface area contributed by atoms with Gasteiger partial charge >= 0.3 is 0 Å². The molecule has 33 heavy (non-hydrogen) atoms. The molecule has 0 aliphatic carbocycles. The molecule has 170 valence electrons. The molecule has 5 nitrogen and oxygen atoms in total. The van der Waals surface area contributed by atoms with E-state index in [1.807, 2.05) is 66.7 Å². The summed E-state index contributed by atoms with van der Waals surface area (Å²) in [4.78, 5) is 4.76. The van der Waals surface area contributed by atoms with Gasteiger partial charge in [0.05, 0.1) is 29.0 Å². The summed E-state index contributed by atoms with van der Waals surface area (Å²) in [5.74, 6) is 0.901. The summed E-state index contributed by atoms with van der Waals surface area (Å²) >= 11 is 3.44. The predicted octanol–water partition coefficient (Wildman–Crippen LogP) is 5.95. The number of fused-ring (bicyclic) bond motifs is 1. The molecule has 2 heterocycles. The number of para-hydroxylation sites is 1. The summed E-state index contributed by atoms with van der Waals surface area (Å²) in [6.45, 7) is 2.20. The van der Waals surface area contributed by atoms with Crippen molar-refractivity contribution in [3.05, 3.63) is 89.5 Å². The number of aliphatic hydroxyl groups excluding tert-OH is 1. The highest BCUT2D eigenvalue weighted by molar-refractivity contribution is 8.01. The Balaban J connectivity index is 1.40. The molecular formula is C26H26N2O3S2. The van der Waals surface area contributed by atoms with E-state index in [1.165, 1.54) is 4.70 Å². The van der Waals surface area contributed by atoms with Crippen molar-refractivity contribution in [3.63, 3.8) is 0 Å². The molecule has 3 aromatic carbocycles. The number of rotatable bonds is 6. The number of aromatic nitrogens is 1. The first-order chi connectivity index (χ1) is 16.1. The molecule has 4 aromatic rings.